The van der Waals surface area contributed by atoms with Gasteiger partial charge in [0.2, 0.25) is 5.91 Å². The number of benzene rings is 2. The summed E-state index contributed by atoms with van der Waals surface area (Å²) in [5.41, 5.74) is 3.41. The van der Waals surface area contributed by atoms with Crippen molar-refractivity contribution in [3.05, 3.63) is 64.4 Å². The van der Waals surface area contributed by atoms with Gasteiger partial charge >= 0.3 is 0 Å². The number of hydrogen-bond donors (Lipinski definition) is 1. The van der Waals surface area contributed by atoms with Crippen LogP contribution in [-0.4, -0.2) is 22.0 Å². The van der Waals surface area contributed by atoms with Crippen molar-refractivity contribution in [2.75, 3.05) is 6.54 Å². The Labute approximate surface area is 150 Å². The van der Waals surface area contributed by atoms with E-state index in [2.05, 4.69) is 56.1 Å². The van der Waals surface area contributed by atoms with Gasteiger partial charge in [-0.1, -0.05) is 40.2 Å². The fourth-order valence-corrected chi connectivity index (χ4v) is 3.04. The van der Waals surface area contributed by atoms with Gasteiger partial charge < -0.3 is 9.88 Å². The average Bonchev–Trinajstić information content (AvgIpc) is 2.91. The van der Waals surface area contributed by atoms with Crippen molar-refractivity contribution in [2.45, 2.75) is 26.3 Å². The van der Waals surface area contributed by atoms with Crippen LogP contribution >= 0.6 is 15.9 Å². The maximum Gasteiger partial charge on any atom is 0.216 e. The summed E-state index contributed by atoms with van der Waals surface area (Å²) in [6.07, 6.45) is 1.72. The van der Waals surface area contributed by atoms with Gasteiger partial charge in [0.1, 0.15) is 5.82 Å². The van der Waals surface area contributed by atoms with Gasteiger partial charge in [0.25, 0.3) is 0 Å². The number of aryl methyl sites for hydroxylation is 1. The molecule has 1 amide bonds. The van der Waals surface area contributed by atoms with E-state index in [1.165, 1.54) is 5.56 Å². The number of para-hydroxylation sites is 2. The van der Waals surface area contributed by atoms with Crippen LogP contribution in [0.2, 0.25) is 0 Å². The Kier molecular flexibility index (Phi) is 5.30. The summed E-state index contributed by atoms with van der Waals surface area (Å²) in [7, 11) is 0. The fourth-order valence-electron chi connectivity index (χ4n) is 2.78. The van der Waals surface area contributed by atoms with Gasteiger partial charge in [0.15, 0.2) is 0 Å². The minimum Gasteiger partial charge on any atom is -0.356 e. The third-order valence-corrected chi connectivity index (χ3v) is 4.47. The van der Waals surface area contributed by atoms with E-state index in [-0.39, 0.29) is 5.91 Å². The van der Waals surface area contributed by atoms with Crippen LogP contribution in [0.3, 0.4) is 0 Å². The third kappa shape index (κ3) is 4.03. The van der Waals surface area contributed by atoms with E-state index >= 15 is 0 Å². The van der Waals surface area contributed by atoms with Crippen molar-refractivity contribution in [3.63, 3.8) is 0 Å². The number of fused-ring (bicyclic) bond motifs is 1. The van der Waals surface area contributed by atoms with E-state index in [4.69, 9.17) is 4.98 Å². The van der Waals surface area contributed by atoms with Gasteiger partial charge in [-0.05, 0) is 36.2 Å². The largest absolute Gasteiger partial charge is 0.356 e. The van der Waals surface area contributed by atoms with Crippen LogP contribution in [0, 0.1) is 0 Å². The lowest BCUT2D eigenvalue weighted by molar-refractivity contribution is -0.118. The normalized spacial score (nSPS) is 10.9. The Morgan fingerprint density at radius 1 is 1.17 bits per heavy atom. The number of carbonyl (C=O) groups excluding carboxylic acids is 1. The van der Waals surface area contributed by atoms with E-state index in [0.29, 0.717) is 6.54 Å². The topological polar surface area (TPSA) is 46.9 Å². The van der Waals surface area contributed by atoms with Crippen molar-refractivity contribution in [3.8, 4) is 0 Å². The second-order valence-electron chi connectivity index (χ2n) is 5.82. The van der Waals surface area contributed by atoms with Gasteiger partial charge in [-0.2, -0.15) is 0 Å². The Hall–Kier alpha value is -2.14. The molecule has 1 aromatic heterocycles. The van der Waals surface area contributed by atoms with Crippen LogP contribution in [0.4, 0.5) is 0 Å². The lowest BCUT2D eigenvalue weighted by atomic mass is 10.2. The molecule has 0 saturated heterocycles. The zero-order valence-electron chi connectivity index (χ0n) is 13.6. The number of rotatable bonds is 6. The smallest absolute Gasteiger partial charge is 0.216 e. The molecule has 0 saturated carbocycles. The zero-order valence-corrected chi connectivity index (χ0v) is 15.2. The quantitative estimate of drug-likeness (QED) is 0.653. The van der Waals surface area contributed by atoms with Crippen LogP contribution in [0.1, 0.15) is 24.7 Å². The molecule has 24 heavy (non-hydrogen) atoms. The van der Waals surface area contributed by atoms with Gasteiger partial charge in [0.05, 0.1) is 11.0 Å². The summed E-state index contributed by atoms with van der Waals surface area (Å²) in [5.74, 6) is 1.07. The predicted octanol–water partition coefficient (Wildman–Crippen LogP) is 3.92. The highest BCUT2D eigenvalue weighted by Gasteiger charge is 2.10. The molecule has 0 unspecified atom stereocenters. The molecule has 0 aliphatic carbocycles. The summed E-state index contributed by atoms with van der Waals surface area (Å²) in [5, 5.41) is 2.84. The maximum absolute atomic E-state index is 11.0. The zero-order chi connectivity index (χ0) is 16.9. The van der Waals surface area contributed by atoms with Crippen LogP contribution in [0.15, 0.2) is 53.0 Å². The number of nitrogens with one attached hydrogen (secondary N) is 1. The number of imidazole rings is 1. The lowest BCUT2D eigenvalue weighted by Gasteiger charge is -2.10. The number of hydrogen-bond acceptors (Lipinski definition) is 2. The minimum atomic E-state index is 0.0124. The highest BCUT2D eigenvalue weighted by atomic mass is 79.9. The number of nitrogens with zero attached hydrogens (tertiary/aromatic N) is 2. The molecule has 3 aromatic rings. The number of halogens is 1. The first-order valence-electron chi connectivity index (χ1n) is 8.06. The summed E-state index contributed by atoms with van der Waals surface area (Å²) < 4.78 is 3.35. The SMILES string of the molecule is CC(=O)NCCCc1nc2ccccc2n1Cc1ccc(Br)cc1. The average molecular weight is 386 g/mol. The van der Waals surface area contributed by atoms with Crippen molar-refractivity contribution < 1.29 is 4.79 Å². The highest BCUT2D eigenvalue weighted by Crippen LogP contribution is 2.20. The molecule has 5 heteroatoms. The van der Waals surface area contributed by atoms with Crippen molar-refractivity contribution in [1.29, 1.82) is 0 Å². The molecule has 2 aromatic carbocycles. The predicted molar refractivity (Wildman–Crippen MR) is 100.0 cm³/mol. The number of carbonyl (C=O) groups is 1. The lowest BCUT2D eigenvalue weighted by Crippen LogP contribution is -2.21. The third-order valence-electron chi connectivity index (χ3n) is 3.94. The summed E-state index contributed by atoms with van der Waals surface area (Å²) >= 11 is 3.48. The molecule has 1 heterocycles. The molecular formula is C19H20BrN3O. The molecule has 1 N–H and O–H groups in total. The standard InChI is InChI=1S/C19H20BrN3O/c1-14(24)21-12-4-7-19-22-17-5-2-3-6-18(17)23(19)13-15-8-10-16(20)11-9-15/h2-3,5-6,8-11H,4,7,12-13H2,1H3,(H,21,24). The number of aromatic nitrogens is 2. The second kappa shape index (κ2) is 7.62. The Morgan fingerprint density at radius 2 is 1.92 bits per heavy atom. The van der Waals surface area contributed by atoms with Crippen LogP contribution in [0.25, 0.3) is 11.0 Å². The molecule has 0 fully saturated rings. The van der Waals surface area contributed by atoms with Crippen molar-refractivity contribution in [1.82, 2.24) is 14.9 Å². The Morgan fingerprint density at radius 3 is 2.67 bits per heavy atom. The first-order chi connectivity index (χ1) is 11.6. The molecule has 0 spiro atoms. The first kappa shape index (κ1) is 16.7. The van der Waals surface area contributed by atoms with E-state index in [0.717, 1.165) is 40.7 Å². The van der Waals surface area contributed by atoms with E-state index in [1.807, 2.05) is 18.2 Å². The van der Waals surface area contributed by atoms with Gasteiger partial charge in [-0.15, -0.1) is 0 Å². The molecule has 0 radical (unpaired) electrons. The van der Waals surface area contributed by atoms with Gasteiger partial charge in [-0.25, -0.2) is 4.98 Å². The number of amides is 1. The highest BCUT2D eigenvalue weighted by molar-refractivity contribution is 9.10. The second-order valence-corrected chi connectivity index (χ2v) is 6.73. The van der Waals surface area contributed by atoms with Gasteiger partial charge in [0, 0.05) is 30.9 Å². The van der Waals surface area contributed by atoms with E-state index in [9.17, 15) is 4.79 Å². The van der Waals surface area contributed by atoms with Crippen molar-refractivity contribution >= 4 is 32.9 Å². The molecular weight excluding hydrogens is 366 g/mol. The summed E-state index contributed by atoms with van der Waals surface area (Å²) in [4.78, 5) is 15.8. The molecule has 0 atom stereocenters. The molecule has 3 rings (SSSR count). The van der Waals surface area contributed by atoms with Gasteiger partial charge in [-0.3, -0.25) is 4.79 Å². The Balaban J connectivity index is 1.84. The molecule has 0 bridgehead atoms. The fraction of sp³-hybridized carbons (Fsp3) is 0.263. The summed E-state index contributed by atoms with van der Waals surface area (Å²) in [6, 6.07) is 16.6. The molecule has 0 aliphatic rings. The van der Waals surface area contributed by atoms with E-state index < -0.39 is 0 Å². The maximum atomic E-state index is 11.0. The minimum absolute atomic E-state index is 0.0124. The molecule has 124 valence electrons. The Bertz CT molecular complexity index is 839. The van der Waals surface area contributed by atoms with Crippen LogP contribution < -0.4 is 5.32 Å². The first-order valence-corrected chi connectivity index (χ1v) is 8.86. The monoisotopic (exact) mass is 385 g/mol. The van der Waals surface area contributed by atoms with E-state index in [1.54, 1.807) is 6.92 Å². The van der Waals surface area contributed by atoms with Crippen LogP contribution in [-0.2, 0) is 17.8 Å². The van der Waals surface area contributed by atoms with Crippen LogP contribution in [0.5, 0.6) is 0 Å². The molecule has 4 nitrogen and oxygen atoms in total. The van der Waals surface area contributed by atoms with Crippen molar-refractivity contribution in [2.24, 2.45) is 0 Å². The molecule has 0 aliphatic heterocycles. The summed E-state index contributed by atoms with van der Waals surface area (Å²) in [6.45, 7) is 3.02.